The summed E-state index contributed by atoms with van der Waals surface area (Å²) in [5.41, 5.74) is 9.99. The molecular weight excluding hydrogens is 324 g/mol. The largest absolute Gasteiger partial charge is 0.508 e. The van der Waals surface area contributed by atoms with Gasteiger partial charge in [-0.15, -0.1) is 0 Å². The molecule has 5 nitrogen and oxygen atoms in total. The first kappa shape index (κ1) is 16.0. The van der Waals surface area contributed by atoms with E-state index < -0.39 is 10.7 Å². The second-order valence-corrected chi connectivity index (χ2v) is 6.38. The highest BCUT2D eigenvalue weighted by Crippen LogP contribution is 2.31. The molecule has 2 aromatic carbocycles. The van der Waals surface area contributed by atoms with E-state index in [4.69, 9.17) is 5.73 Å². The number of aromatic hydroxyl groups is 1. The summed E-state index contributed by atoms with van der Waals surface area (Å²) >= 11 is 0. The number of phenols is 1. The van der Waals surface area contributed by atoms with Crippen LogP contribution in [-0.4, -0.2) is 18.5 Å². The minimum Gasteiger partial charge on any atom is -0.508 e. The van der Waals surface area contributed by atoms with Gasteiger partial charge in [-0.05, 0) is 34.9 Å². The van der Waals surface area contributed by atoms with Gasteiger partial charge < -0.3 is 10.8 Å². The van der Waals surface area contributed by atoms with Crippen molar-refractivity contribution in [1.29, 1.82) is 0 Å². The summed E-state index contributed by atoms with van der Waals surface area (Å²) in [5.74, 6) is 0.571. The molecule has 0 unspecified atom stereocenters. The van der Waals surface area contributed by atoms with Gasteiger partial charge in [0.2, 0.25) is 0 Å². The molecule has 1 heterocycles. The molecule has 3 aromatic rings. The first-order valence-electron chi connectivity index (χ1n) is 7.29. The van der Waals surface area contributed by atoms with Crippen molar-refractivity contribution in [1.82, 2.24) is 4.98 Å². The molecule has 0 atom stereocenters. The third-order valence-corrected chi connectivity index (χ3v) is 4.30. The van der Waals surface area contributed by atoms with Gasteiger partial charge in [0.15, 0.2) is 0 Å². The van der Waals surface area contributed by atoms with Crippen molar-refractivity contribution >= 4 is 16.5 Å². The Morgan fingerprint density at radius 2 is 1.71 bits per heavy atom. The molecule has 24 heavy (non-hydrogen) atoms. The molecule has 0 aliphatic carbocycles. The number of aromatic nitrogens is 1. The lowest BCUT2D eigenvalue weighted by atomic mass is 10.0. The maximum Gasteiger partial charge on any atom is 0.144 e. The zero-order valence-electron chi connectivity index (χ0n) is 12.7. The fraction of sp³-hybridized carbons (Fsp3) is 0.0556. The first-order valence-corrected chi connectivity index (χ1v) is 8.65. The number of thiol groups is 1. The Kier molecular flexibility index (Phi) is 4.48. The van der Waals surface area contributed by atoms with E-state index in [1.54, 1.807) is 36.5 Å². The predicted octanol–water partition coefficient (Wildman–Crippen LogP) is 2.81. The van der Waals surface area contributed by atoms with Crippen LogP contribution < -0.4 is 5.73 Å². The van der Waals surface area contributed by atoms with E-state index in [1.807, 2.05) is 24.3 Å². The Morgan fingerprint density at radius 3 is 2.38 bits per heavy atom. The molecule has 0 aliphatic heterocycles. The number of benzene rings is 2. The van der Waals surface area contributed by atoms with E-state index in [9.17, 15) is 13.5 Å². The fourth-order valence-corrected chi connectivity index (χ4v) is 3.00. The minimum absolute atomic E-state index is 0.0319. The Labute approximate surface area is 141 Å². The van der Waals surface area contributed by atoms with Crippen LogP contribution in [0.5, 0.6) is 5.75 Å². The van der Waals surface area contributed by atoms with Crippen molar-refractivity contribution in [3.63, 3.8) is 0 Å². The average molecular weight is 340 g/mol. The van der Waals surface area contributed by atoms with Crippen LogP contribution in [0.4, 0.5) is 5.82 Å². The highest BCUT2D eigenvalue weighted by Gasteiger charge is 2.08. The maximum absolute atomic E-state index is 10.8. The summed E-state index contributed by atoms with van der Waals surface area (Å²) in [6, 6.07) is 16.0. The highest BCUT2D eigenvalue weighted by molar-refractivity contribution is 7.71. The van der Waals surface area contributed by atoms with Crippen molar-refractivity contribution in [2.45, 2.75) is 5.75 Å². The molecule has 1 aromatic heterocycles. The van der Waals surface area contributed by atoms with Gasteiger partial charge in [-0.2, -0.15) is 0 Å². The van der Waals surface area contributed by atoms with Gasteiger partial charge in [0.1, 0.15) is 22.3 Å². The Morgan fingerprint density at radius 1 is 0.958 bits per heavy atom. The Balaban J connectivity index is 1.99. The van der Waals surface area contributed by atoms with Crippen molar-refractivity contribution in [3.05, 3.63) is 66.4 Å². The van der Waals surface area contributed by atoms with Crippen LogP contribution in [0.25, 0.3) is 22.3 Å². The van der Waals surface area contributed by atoms with E-state index in [1.165, 1.54) is 0 Å². The van der Waals surface area contributed by atoms with E-state index in [0.29, 0.717) is 5.82 Å². The Bertz CT molecular complexity index is 943. The molecule has 3 rings (SSSR count). The van der Waals surface area contributed by atoms with Gasteiger partial charge in [-0.3, -0.25) is 0 Å². The second kappa shape index (κ2) is 6.72. The van der Waals surface area contributed by atoms with E-state index >= 15 is 0 Å². The minimum atomic E-state index is -2.44. The molecule has 0 radical (unpaired) electrons. The maximum atomic E-state index is 10.8. The molecule has 0 bridgehead atoms. The number of rotatable bonds is 4. The quantitative estimate of drug-likeness (QED) is 0.635. The number of hydrogen-bond donors (Lipinski definition) is 3. The lowest BCUT2D eigenvalue weighted by Crippen LogP contribution is -1.95. The van der Waals surface area contributed by atoms with Gasteiger partial charge in [-0.25, -0.2) is 13.4 Å². The zero-order valence-corrected chi connectivity index (χ0v) is 13.6. The summed E-state index contributed by atoms with van der Waals surface area (Å²) in [4.78, 5) is 4.23. The van der Waals surface area contributed by atoms with Gasteiger partial charge in [0, 0.05) is 17.3 Å². The van der Waals surface area contributed by atoms with Gasteiger partial charge >= 0.3 is 0 Å². The number of hydrogen-bond acceptors (Lipinski definition) is 5. The van der Waals surface area contributed by atoms with Crippen molar-refractivity contribution in [2.24, 2.45) is 0 Å². The van der Waals surface area contributed by atoms with Gasteiger partial charge in [0.05, 0.1) is 5.75 Å². The average Bonchev–Trinajstić information content (AvgIpc) is 2.55. The van der Waals surface area contributed by atoms with Crippen LogP contribution in [0.2, 0.25) is 0 Å². The molecule has 0 amide bonds. The number of pyridine rings is 1. The molecule has 6 heteroatoms. The molecule has 0 saturated heterocycles. The summed E-state index contributed by atoms with van der Waals surface area (Å²) in [7, 11) is -2.44. The van der Waals surface area contributed by atoms with Crippen molar-refractivity contribution < 1.29 is 13.5 Å². The summed E-state index contributed by atoms with van der Waals surface area (Å²) in [6.45, 7) is 0. The SMILES string of the molecule is Nc1ncc(-c2ccc(C[SH](=O)=O)cc2)cc1-c1cccc(O)c1. The fourth-order valence-electron chi connectivity index (χ4n) is 2.49. The monoisotopic (exact) mass is 340 g/mol. The van der Waals surface area contributed by atoms with Crippen LogP contribution in [-0.2, 0) is 16.5 Å². The summed E-state index contributed by atoms with van der Waals surface area (Å²) in [6.07, 6.45) is 1.67. The number of phenolic OH excluding ortho intramolecular Hbond substituents is 1. The summed E-state index contributed by atoms with van der Waals surface area (Å²) in [5, 5.41) is 9.64. The number of nitrogens with two attached hydrogens (primary N) is 1. The summed E-state index contributed by atoms with van der Waals surface area (Å²) < 4.78 is 21.6. The molecule has 122 valence electrons. The lowest BCUT2D eigenvalue weighted by Gasteiger charge is -2.09. The molecule has 0 spiro atoms. The topological polar surface area (TPSA) is 93.3 Å². The third-order valence-electron chi connectivity index (χ3n) is 3.67. The van der Waals surface area contributed by atoms with Crippen LogP contribution in [0, 0.1) is 0 Å². The van der Waals surface area contributed by atoms with E-state index in [0.717, 1.165) is 27.8 Å². The number of nitrogens with zero attached hydrogens (tertiary/aromatic N) is 1. The second-order valence-electron chi connectivity index (χ2n) is 5.39. The van der Waals surface area contributed by atoms with Crippen LogP contribution in [0.1, 0.15) is 5.56 Å². The number of anilines is 1. The van der Waals surface area contributed by atoms with Crippen molar-refractivity contribution in [3.8, 4) is 28.0 Å². The molecule has 0 fully saturated rings. The third kappa shape index (κ3) is 3.55. The lowest BCUT2D eigenvalue weighted by molar-refractivity contribution is 0.475. The van der Waals surface area contributed by atoms with Crippen LogP contribution in [0.3, 0.4) is 0 Å². The Hall–Kier alpha value is -2.86. The zero-order chi connectivity index (χ0) is 17.1. The van der Waals surface area contributed by atoms with Gasteiger partial charge in [-0.1, -0.05) is 36.4 Å². The van der Waals surface area contributed by atoms with E-state index in [-0.39, 0.29) is 11.5 Å². The highest BCUT2D eigenvalue weighted by atomic mass is 32.2. The molecule has 0 aliphatic rings. The normalized spacial score (nSPS) is 10.9. The molecule has 0 saturated carbocycles. The van der Waals surface area contributed by atoms with Gasteiger partial charge in [0.25, 0.3) is 0 Å². The standard InChI is InChI=1S/C18H16N2O3S/c19-18-17(14-2-1-3-16(21)8-14)9-15(10-20-18)13-6-4-12(5-7-13)11-24(22)23/h1-10,21,24H,11H2,(H2,19,20). The first-order chi connectivity index (χ1) is 11.5. The molecular formula is C18H16N2O3S. The molecule has 3 N–H and O–H groups in total. The van der Waals surface area contributed by atoms with Crippen LogP contribution >= 0.6 is 0 Å². The smallest absolute Gasteiger partial charge is 0.144 e. The predicted molar refractivity (Wildman–Crippen MR) is 95.2 cm³/mol. The van der Waals surface area contributed by atoms with Crippen LogP contribution in [0.15, 0.2) is 60.8 Å². The van der Waals surface area contributed by atoms with E-state index in [2.05, 4.69) is 4.98 Å². The van der Waals surface area contributed by atoms with Crippen molar-refractivity contribution in [2.75, 3.05) is 5.73 Å². The number of nitrogen functional groups attached to an aromatic ring is 1.